The number of carbonyl (C=O) groups excluding carboxylic acids is 1. The van der Waals surface area contributed by atoms with E-state index in [4.69, 9.17) is 0 Å². The molecule has 0 bridgehead atoms. The largest absolute Gasteiger partial charge is 0.325 e. The Hall–Kier alpha value is -1.40. The summed E-state index contributed by atoms with van der Waals surface area (Å²) in [4.78, 5) is 12.3. The first kappa shape index (κ1) is 18.9. The third-order valence-electron chi connectivity index (χ3n) is 4.57. The van der Waals surface area contributed by atoms with Crippen molar-refractivity contribution in [1.82, 2.24) is 4.31 Å². The Morgan fingerprint density at radius 1 is 1.17 bits per heavy atom. The lowest BCUT2D eigenvalue weighted by Crippen LogP contribution is -2.45. The molecule has 0 aromatic heterocycles. The molecule has 1 aromatic carbocycles. The zero-order valence-electron chi connectivity index (χ0n) is 14.8. The SMILES string of the molecule is CC(C)c1ccc(NC(=O)CN(C2CCCCC2)S(C)(=O)=O)cc1. The minimum Gasteiger partial charge on any atom is -0.325 e. The molecule has 1 N–H and O–H groups in total. The molecule has 1 aliphatic rings. The van der Waals surface area contributed by atoms with E-state index < -0.39 is 10.0 Å². The minimum absolute atomic E-state index is 0.0529. The molecule has 0 spiro atoms. The molecule has 1 aliphatic carbocycles. The van der Waals surface area contributed by atoms with Crippen LogP contribution in [0.5, 0.6) is 0 Å². The van der Waals surface area contributed by atoms with Gasteiger partial charge in [0.15, 0.2) is 0 Å². The Morgan fingerprint density at radius 3 is 2.25 bits per heavy atom. The van der Waals surface area contributed by atoms with Crippen LogP contribution >= 0.6 is 0 Å². The van der Waals surface area contributed by atoms with E-state index in [1.54, 1.807) is 0 Å². The predicted octanol–water partition coefficient (Wildman–Crippen LogP) is 3.34. The second-order valence-electron chi connectivity index (χ2n) is 6.92. The van der Waals surface area contributed by atoms with Crippen LogP contribution in [0.3, 0.4) is 0 Å². The van der Waals surface area contributed by atoms with E-state index in [9.17, 15) is 13.2 Å². The number of rotatable bonds is 6. The van der Waals surface area contributed by atoms with Crippen LogP contribution in [0.1, 0.15) is 57.4 Å². The van der Waals surface area contributed by atoms with Gasteiger partial charge in [0.25, 0.3) is 0 Å². The molecule has 1 fully saturated rings. The van der Waals surface area contributed by atoms with E-state index in [1.165, 1.54) is 16.1 Å². The fourth-order valence-corrected chi connectivity index (χ4v) is 4.28. The van der Waals surface area contributed by atoms with Gasteiger partial charge in [-0.3, -0.25) is 4.79 Å². The lowest BCUT2D eigenvalue weighted by molar-refractivity contribution is -0.116. The number of carbonyl (C=O) groups is 1. The fraction of sp³-hybridized carbons (Fsp3) is 0.611. The summed E-state index contributed by atoms with van der Waals surface area (Å²) >= 11 is 0. The first-order valence-corrected chi connectivity index (χ1v) is 10.5. The van der Waals surface area contributed by atoms with Gasteiger partial charge in [-0.2, -0.15) is 4.31 Å². The molecule has 1 aromatic rings. The molecule has 0 radical (unpaired) electrons. The summed E-state index contributed by atoms with van der Waals surface area (Å²) < 4.78 is 25.5. The number of benzene rings is 1. The predicted molar refractivity (Wildman–Crippen MR) is 97.6 cm³/mol. The van der Waals surface area contributed by atoms with Gasteiger partial charge in [-0.25, -0.2) is 8.42 Å². The Balaban J connectivity index is 2.02. The summed E-state index contributed by atoms with van der Waals surface area (Å²) in [7, 11) is -3.40. The summed E-state index contributed by atoms with van der Waals surface area (Å²) in [6.45, 7) is 4.11. The molecule has 0 heterocycles. The standard InChI is InChI=1S/C18H28N2O3S/c1-14(2)15-9-11-16(12-10-15)19-18(21)13-20(24(3,22)23)17-7-5-4-6-8-17/h9-12,14,17H,4-8,13H2,1-3H3,(H,19,21). The highest BCUT2D eigenvalue weighted by atomic mass is 32.2. The van der Waals surface area contributed by atoms with Gasteiger partial charge in [-0.15, -0.1) is 0 Å². The second kappa shape index (κ2) is 8.12. The van der Waals surface area contributed by atoms with E-state index in [0.29, 0.717) is 11.6 Å². The molecule has 24 heavy (non-hydrogen) atoms. The van der Waals surface area contributed by atoms with Crippen molar-refractivity contribution in [1.29, 1.82) is 0 Å². The fourth-order valence-electron chi connectivity index (χ4n) is 3.18. The maximum absolute atomic E-state index is 12.3. The average molecular weight is 352 g/mol. The lowest BCUT2D eigenvalue weighted by Gasteiger charge is -2.31. The zero-order valence-corrected chi connectivity index (χ0v) is 15.6. The van der Waals surface area contributed by atoms with Crippen molar-refractivity contribution in [2.75, 3.05) is 18.1 Å². The lowest BCUT2D eigenvalue weighted by atomic mass is 9.95. The van der Waals surface area contributed by atoms with Crippen molar-refractivity contribution in [3.05, 3.63) is 29.8 Å². The normalized spacial score (nSPS) is 16.5. The Morgan fingerprint density at radius 2 is 1.75 bits per heavy atom. The van der Waals surface area contributed by atoms with E-state index in [2.05, 4.69) is 19.2 Å². The third kappa shape index (κ3) is 5.31. The van der Waals surface area contributed by atoms with Gasteiger partial charge in [-0.1, -0.05) is 45.2 Å². The quantitative estimate of drug-likeness (QED) is 0.854. The molecular weight excluding hydrogens is 324 g/mol. The second-order valence-corrected chi connectivity index (χ2v) is 8.86. The molecule has 0 aliphatic heterocycles. The van der Waals surface area contributed by atoms with Gasteiger partial charge < -0.3 is 5.32 Å². The molecule has 5 nitrogen and oxygen atoms in total. The number of nitrogens with zero attached hydrogens (tertiary/aromatic N) is 1. The summed E-state index contributed by atoms with van der Waals surface area (Å²) in [6.07, 6.45) is 6.05. The van der Waals surface area contributed by atoms with Crippen LogP contribution in [0.25, 0.3) is 0 Å². The van der Waals surface area contributed by atoms with Gasteiger partial charge in [0.05, 0.1) is 12.8 Å². The summed E-state index contributed by atoms with van der Waals surface area (Å²) in [5.41, 5.74) is 1.90. The maximum atomic E-state index is 12.3. The van der Waals surface area contributed by atoms with Crippen LogP contribution in [-0.2, 0) is 14.8 Å². The molecule has 6 heteroatoms. The molecule has 0 atom stereocenters. The van der Waals surface area contributed by atoms with E-state index in [-0.39, 0.29) is 18.5 Å². The van der Waals surface area contributed by atoms with Gasteiger partial charge in [0.2, 0.25) is 15.9 Å². The Kier molecular flexibility index (Phi) is 6.40. The summed E-state index contributed by atoms with van der Waals surface area (Å²) in [6, 6.07) is 7.63. The minimum atomic E-state index is -3.40. The van der Waals surface area contributed by atoms with Gasteiger partial charge in [-0.05, 0) is 36.5 Å². The molecule has 134 valence electrons. The van der Waals surface area contributed by atoms with Crippen LogP contribution < -0.4 is 5.32 Å². The van der Waals surface area contributed by atoms with Crippen LogP contribution in [0, 0.1) is 0 Å². The van der Waals surface area contributed by atoms with Gasteiger partial charge in [0.1, 0.15) is 0 Å². The molecule has 2 rings (SSSR count). The number of amides is 1. The van der Waals surface area contributed by atoms with E-state index in [0.717, 1.165) is 32.1 Å². The topological polar surface area (TPSA) is 66.5 Å². The number of anilines is 1. The highest BCUT2D eigenvalue weighted by Crippen LogP contribution is 2.24. The van der Waals surface area contributed by atoms with Crippen molar-refractivity contribution in [2.45, 2.75) is 57.9 Å². The van der Waals surface area contributed by atoms with Crippen molar-refractivity contribution >= 4 is 21.6 Å². The van der Waals surface area contributed by atoms with Gasteiger partial charge in [0, 0.05) is 11.7 Å². The Labute approximate surface area is 145 Å². The number of nitrogens with one attached hydrogen (secondary N) is 1. The van der Waals surface area contributed by atoms with Crippen LogP contribution in [0.4, 0.5) is 5.69 Å². The third-order valence-corrected chi connectivity index (χ3v) is 5.85. The molecule has 1 amide bonds. The first-order chi connectivity index (χ1) is 11.3. The molecule has 0 unspecified atom stereocenters. The van der Waals surface area contributed by atoms with Gasteiger partial charge >= 0.3 is 0 Å². The average Bonchev–Trinajstić information content (AvgIpc) is 2.53. The zero-order chi connectivity index (χ0) is 17.7. The van der Waals surface area contributed by atoms with Crippen molar-refractivity contribution in [3.63, 3.8) is 0 Å². The highest BCUT2D eigenvalue weighted by molar-refractivity contribution is 7.88. The van der Waals surface area contributed by atoms with Crippen LogP contribution in [-0.4, -0.2) is 37.5 Å². The summed E-state index contributed by atoms with van der Waals surface area (Å²) in [5, 5.41) is 2.80. The first-order valence-electron chi connectivity index (χ1n) is 8.64. The smallest absolute Gasteiger partial charge is 0.239 e. The Bertz CT molecular complexity index is 647. The van der Waals surface area contributed by atoms with Crippen molar-refractivity contribution in [2.24, 2.45) is 0 Å². The van der Waals surface area contributed by atoms with Crippen molar-refractivity contribution in [3.8, 4) is 0 Å². The number of hydrogen-bond acceptors (Lipinski definition) is 3. The molecule has 1 saturated carbocycles. The molecular formula is C18H28N2O3S. The summed E-state index contributed by atoms with van der Waals surface area (Å²) in [5.74, 6) is 0.144. The maximum Gasteiger partial charge on any atom is 0.239 e. The number of sulfonamides is 1. The molecule has 0 saturated heterocycles. The van der Waals surface area contributed by atoms with E-state index in [1.807, 2.05) is 24.3 Å². The highest BCUT2D eigenvalue weighted by Gasteiger charge is 2.29. The van der Waals surface area contributed by atoms with Crippen LogP contribution in [0.2, 0.25) is 0 Å². The van der Waals surface area contributed by atoms with Crippen molar-refractivity contribution < 1.29 is 13.2 Å². The number of hydrogen-bond donors (Lipinski definition) is 1. The van der Waals surface area contributed by atoms with Crippen LogP contribution in [0.15, 0.2) is 24.3 Å². The van der Waals surface area contributed by atoms with E-state index >= 15 is 0 Å². The monoisotopic (exact) mass is 352 g/mol.